The van der Waals surface area contributed by atoms with Crippen molar-refractivity contribution in [2.24, 2.45) is 0 Å². The van der Waals surface area contributed by atoms with E-state index in [1.807, 2.05) is 30.3 Å². The van der Waals surface area contributed by atoms with Crippen molar-refractivity contribution in [2.45, 2.75) is 27.7 Å². The van der Waals surface area contributed by atoms with Gasteiger partial charge in [0.1, 0.15) is 28.4 Å². The molecule has 17 rings (SSSR count). The summed E-state index contributed by atoms with van der Waals surface area (Å²) in [6.45, 7) is 18.5. The van der Waals surface area contributed by atoms with E-state index in [9.17, 15) is 11.8 Å². The first-order valence-electron chi connectivity index (χ1n) is 27.0. The monoisotopic (exact) mass is 1020 g/mol. The molecular formula is C72H44N6O2. The number of aromatic nitrogens is 4. The van der Waals surface area contributed by atoms with E-state index in [4.69, 9.17) is 13.7 Å². The van der Waals surface area contributed by atoms with Gasteiger partial charge in [0.25, 0.3) is 0 Å². The molecule has 8 nitrogen and oxygen atoms in total. The van der Waals surface area contributed by atoms with Crippen LogP contribution in [-0.4, -0.2) is 18.3 Å². The molecule has 80 heavy (non-hydrogen) atoms. The van der Waals surface area contributed by atoms with E-state index in [-0.39, 0.29) is 0 Å². The van der Waals surface area contributed by atoms with Crippen molar-refractivity contribution in [3.63, 3.8) is 0 Å². The number of aryl methyl sites for hydroxylation is 4. The van der Waals surface area contributed by atoms with Gasteiger partial charge in [-0.3, -0.25) is 0 Å². The lowest BCUT2D eigenvalue weighted by atomic mass is 10.0. The van der Waals surface area contributed by atoms with Crippen LogP contribution in [0.5, 0.6) is 0 Å². The number of nitriles is 1. The number of rotatable bonds is 4. The van der Waals surface area contributed by atoms with Crippen LogP contribution in [0.3, 0.4) is 0 Å². The van der Waals surface area contributed by atoms with Crippen LogP contribution in [-0.2, 0) is 0 Å². The molecule has 0 aliphatic carbocycles. The molecule has 8 heteroatoms. The summed E-state index contributed by atoms with van der Waals surface area (Å²) < 4.78 is 22.4. The summed E-state index contributed by atoms with van der Waals surface area (Å²) in [6, 6.07) is 71.3. The molecule has 0 saturated carbocycles. The van der Waals surface area contributed by atoms with Crippen LogP contribution >= 0.6 is 0 Å². The normalized spacial score (nSPS) is 12.2. The van der Waals surface area contributed by atoms with E-state index < -0.39 is 0 Å². The van der Waals surface area contributed by atoms with E-state index in [2.05, 4.69) is 216 Å². The highest BCUT2D eigenvalue weighted by atomic mass is 16.3. The van der Waals surface area contributed by atoms with E-state index in [0.29, 0.717) is 34.0 Å². The lowest BCUT2D eigenvalue weighted by Gasteiger charge is -2.27. The van der Waals surface area contributed by atoms with Crippen LogP contribution in [0.4, 0.5) is 5.69 Å². The van der Waals surface area contributed by atoms with E-state index in [1.54, 1.807) is 0 Å². The molecule has 0 N–H and O–H groups in total. The maximum absolute atomic E-state index is 12.8. The maximum atomic E-state index is 12.8. The highest BCUT2D eigenvalue weighted by Crippen LogP contribution is 2.53. The summed E-state index contributed by atoms with van der Waals surface area (Å²) in [5.41, 5.74) is 18.1. The minimum absolute atomic E-state index is 0.327. The summed E-state index contributed by atoms with van der Waals surface area (Å²) in [7, 11) is 0. The number of furan rings is 2. The smallest absolute Gasteiger partial charge is 0.237 e. The second-order valence-corrected chi connectivity index (χ2v) is 21.7. The highest BCUT2D eigenvalue weighted by molar-refractivity contribution is 6.30. The molecule has 0 radical (unpaired) electrons. The Labute approximate surface area is 456 Å². The molecule has 0 bridgehead atoms. The third-order valence-corrected chi connectivity index (χ3v) is 17.0. The molecule has 0 spiro atoms. The molecule has 17 aromatic rings. The third-order valence-electron chi connectivity index (χ3n) is 17.0. The van der Waals surface area contributed by atoms with Crippen LogP contribution in [0.2, 0.25) is 0 Å². The molecular weight excluding hydrogens is 981 g/mol. The Bertz CT molecular complexity index is 5470. The number of hydrogen-bond acceptors (Lipinski definition) is 3. The minimum atomic E-state index is 0.327. The van der Waals surface area contributed by atoms with Gasteiger partial charge in [-0.05, 0) is 125 Å². The molecule has 11 aromatic carbocycles. The van der Waals surface area contributed by atoms with E-state index in [1.165, 1.54) is 0 Å². The SMILES string of the molecule is [C-]#[N+]c1c(-n2c3ccc(C)cc3c3cc(C)ccc32)c(-n2c3ccccc3c3c4c(ccc32)oc2ccccc24)c(-n2c3ccc(C)cc3c3cc(C)ccc32)c(C#N)c1-n1c2ccccc2c2c3c(ccc21)oc1ccccc13. The molecule has 0 unspecified atom stereocenters. The lowest BCUT2D eigenvalue weighted by molar-refractivity contribution is 0.669. The predicted molar refractivity (Wildman–Crippen MR) is 328 cm³/mol. The van der Waals surface area contributed by atoms with Crippen LogP contribution in [0.25, 0.3) is 159 Å². The zero-order chi connectivity index (χ0) is 53.4. The van der Waals surface area contributed by atoms with Crippen molar-refractivity contribution in [3.8, 4) is 28.8 Å². The standard InChI is InChI=1S/C72H44N6O2/c1-39-22-26-54-47(34-39)48-35-40(2)23-27-55(48)75(54)70-51(38-73)69(77-52-18-10-6-14-43(52)64-58(77)30-32-62-66(64)45-16-8-12-20-60(45)79-62)68(74-5)71(76-56-28-24-41(3)36-49(56)50-37-42(4)25-29-57(50)76)72(70)78-53-19-11-7-15-44(53)65-59(78)31-33-63-67(65)46-17-9-13-21-61(46)80-63/h6-37H,1-4H3. The Balaban J connectivity index is 1.20. The first kappa shape index (κ1) is 44.3. The quantitative estimate of drug-likeness (QED) is 0.165. The predicted octanol–water partition coefficient (Wildman–Crippen LogP) is 19.5. The fraction of sp³-hybridized carbons (Fsp3) is 0.0556. The van der Waals surface area contributed by atoms with Gasteiger partial charge in [0.15, 0.2) is 0 Å². The topological polar surface area (TPSA) is 74.2 Å². The summed E-state index contributed by atoms with van der Waals surface area (Å²) in [4.78, 5) is 4.84. The second kappa shape index (κ2) is 15.9. The number of benzene rings is 11. The number of nitrogens with zero attached hydrogens (tertiary/aromatic N) is 6. The zero-order valence-corrected chi connectivity index (χ0v) is 44.0. The molecule has 6 aromatic heterocycles. The van der Waals surface area contributed by atoms with Gasteiger partial charge < -0.3 is 27.1 Å². The van der Waals surface area contributed by atoms with Crippen LogP contribution in [0.15, 0.2) is 203 Å². The van der Waals surface area contributed by atoms with Gasteiger partial charge in [0, 0.05) is 64.6 Å². The highest BCUT2D eigenvalue weighted by Gasteiger charge is 2.35. The maximum Gasteiger partial charge on any atom is 0.237 e. The third kappa shape index (κ3) is 5.71. The lowest BCUT2D eigenvalue weighted by Crippen LogP contribution is -2.14. The molecule has 0 fully saturated rings. The van der Waals surface area contributed by atoms with Crippen molar-refractivity contribution >= 4 is 137 Å². The fourth-order valence-corrected chi connectivity index (χ4v) is 13.8. The summed E-state index contributed by atoms with van der Waals surface area (Å²) >= 11 is 0. The van der Waals surface area contributed by atoms with Gasteiger partial charge in [-0.1, -0.05) is 119 Å². The summed E-state index contributed by atoms with van der Waals surface area (Å²) in [5, 5.41) is 25.0. The molecule has 374 valence electrons. The average Bonchev–Trinajstić information content (AvgIpc) is 4.52. The minimum Gasteiger partial charge on any atom is -0.456 e. The molecule has 0 aliphatic heterocycles. The number of fused-ring (bicyclic) bond motifs is 20. The fourth-order valence-electron chi connectivity index (χ4n) is 13.8. The van der Waals surface area contributed by atoms with Crippen LogP contribution < -0.4 is 0 Å². The van der Waals surface area contributed by atoms with Gasteiger partial charge >= 0.3 is 0 Å². The molecule has 0 saturated heterocycles. The van der Waals surface area contributed by atoms with Gasteiger partial charge in [-0.15, -0.1) is 0 Å². The van der Waals surface area contributed by atoms with Crippen molar-refractivity contribution in [1.82, 2.24) is 18.3 Å². The second-order valence-electron chi connectivity index (χ2n) is 21.7. The Morgan fingerprint density at radius 1 is 0.338 bits per heavy atom. The Morgan fingerprint density at radius 3 is 1.11 bits per heavy atom. The molecule has 0 amide bonds. The largest absolute Gasteiger partial charge is 0.456 e. The Hall–Kier alpha value is -10.8. The van der Waals surface area contributed by atoms with Crippen LogP contribution in [0.1, 0.15) is 27.8 Å². The molecule has 0 aliphatic rings. The van der Waals surface area contributed by atoms with Gasteiger partial charge in [-0.25, -0.2) is 4.85 Å². The average molecular weight is 1030 g/mol. The molecule has 0 atom stereocenters. The summed E-state index contributed by atoms with van der Waals surface area (Å²) in [5.74, 6) is 0. The van der Waals surface area contributed by atoms with Gasteiger partial charge in [0.05, 0.1) is 79.0 Å². The number of hydrogen-bond donors (Lipinski definition) is 0. The Kier molecular flexibility index (Phi) is 8.81. The first-order valence-corrected chi connectivity index (χ1v) is 27.0. The van der Waals surface area contributed by atoms with Crippen molar-refractivity contribution < 1.29 is 8.83 Å². The zero-order valence-electron chi connectivity index (χ0n) is 44.0. The van der Waals surface area contributed by atoms with Crippen molar-refractivity contribution in [2.75, 3.05) is 0 Å². The Morgan fingerprint density at radius 2 is 0.688 bits per heavy atom. The van der Waals surface area contributed by atoms with E-state index >= 15 is 0 Å². The van der Waals surface area contributed by atoms with Gasteiger partial charge in [-0.2, -0.15) is 5.26 Å². The van der Waals surface area contributed by atoms with E-state index in [0.717, 1.165) is 153 Å². The molecule has 6 heterocycles. The summed E-state index contributed by atoms with van der Waals surface area (Å²) in [6.07, 6.45) is 0. The number of para-hydroxylation sites is 4. The first-order chi connectivity index (χ1) is 39.3. The van der Waals surface area contributed by atoms with Gasteiger partial charge in [0.2, 0.25) is 5.69 Å². The van der Waals surface area contributed by atoms with Crippen molar-refractivity contribution in [3.05, 3.63) is 233 Å². The van der Waals surface area contributed by atoms with Crippen LogP contribution in [0, 0.1) is 45.6 Å². The van der Waals surface area contributed by atoms with Crippen molar-refractivity contribution in [1.29, 1.82) is 5.26 Å².